The van der Waals surface area contributed by atoms with Gasteiger partial charge in [-0.05, 0) is 56.1 Å². The minimum Gasteiger partial charge on any atom is -0.415 e. The maximum atomic E-state index is 11.4. The van der Waals surface area contributed by atoms with Gasteiger partial charge in [0.15, 0.2) is 13.9 Å². The Morgan fingerprint density at radius 3 is 2.23 bits per heavy atom. The van der Waals surface area contributed by atoms with Crippen LogP contribution in [0.4, 0.5) is 0 Å². The number of halogens is 5. The molecule has 26 heavy (non-hydrogen) atoms. The highest BCUT2D eigenvalue weighted by Crippen LogP contribution is 2.59. The van der Waals surface area contributed by atoms with E-state index >= 15 is 0 Å². The highest BCUT2D eigenvalue weighted by molar-refractivity contribution is 9.13. The first-order valence-electron chi connectivity index (χ1n) is 8.20. The number of aliphatic hydroxyl groups is 2. The summed E-state index contributed by atoms with van der Waals surface area (Å²) in [7, 11) is -2.04. The number of rotatable bonds is 4. The van der Waals surface area contributed by atoms with Gasteiger partial charge >= 0.3 is 0 Å². The first-order valence-corrected chi connectivity index (χ1v) is 13.8. The molecule has 1 aliphatic rings. The van der Waals surface area contributed by atoms with Crippen LogP contribution in [0, 0.1) is 5.92 Å². The van der Waals surface area contributed by atoms with E-state index in [1.165, 1.54) is 0 Å². The lowest BCUT2D eigenvalue weighted by Gasteiger charge is -2.39. The molecule has 0 amide bonds. The van der Waals surface area contributed by atoms with Gasteiger partial charge < -0.3 is 19.2 Å². The molecule has 10 heteroatoms. The Balaban J connectivity index is 2.50. The van der Waals surface area contributed by atoms with Crippen LogP contribution in [-0.2, 0) is 10.0 Å². The molecule has 0 saturated heterocycles. The summed E-state index contributed by atoms with van der Waals surface area (Å²) in [5.74, 6) is -0.723. The normalized spacial score (nSPS) is 27.1. The number of hydrogen-bond donors (Lipinski definition) is 2. The van der Waals surface area contributed by atoms with E-state index in [1.807, 2.05) is 4.57 Å². The molecule has 3 atom stereocenters. The van der Waals surface area contributed by atoms with Crippen molar-refractivity contribution in [2.45, 2.75) is 54.3 Å². The fraction of sp³-hybridized carbons (Fsp3) is 0.750. The van der Waals surface area contributed by atoms with E-state index in [0.29, 0.717) is 16.9 Å². The smallest absolute Gasteiger partial charge is 0.224 e. The molecule has 0 radical (unpaired) electrons. The van der Waals surface area contributed by atoms with E-state index in [4.69, 9.17) is 39.2 Å². The minimum atomic E-state index is -2.04. The van der Waals surface area contributed by atoms with Crippen LogP contribution in [0.2, 0.25) is 18.1 Å². The van der Waals surface area contributed by atoms with Crippen LogP contribution in [0.5, 0.6) is 0 Å². The Kier molecular flexibility index (Phi) is 6.75. The predicted octanol–water partition coefficient (Wildman–Crippen LogP) is 5.76. The topological polar surface area (TPSA) is 54.6 Å². The van der Waals surface area contributed by atoms with Gasteiger partial charge in [0.2, 0.25) is 3.79 Å². The number of aromatic nitrogens is 1. The fourth-order valence-electron chi connectivity index (χ4n) is 3.05. The van der Waals surface area contributed by atoms with Gasteiger partial charge in [-0.25, -0.2) is 0 Å². The summed E-state index contributed by atoms with van der Waals surface area (Å²) in [5.41, 5.74) is -1.42. The average Bonchev–Trinajstić information content (AvgIpc) is 2.89. The van der Waals surface area contributed by atoms with E-state index in [2.05, 4.69) is 65.7 Å². The van der Waals surface area contributed by atoms with Gasteiger partial charge in [-0.1, -0.05) is 55.6 Å². The number of alkyl halides is 3. The van der Waals surface area contributed by atoms with Crippen molar-refractivity contribution in [3.05, 3.63) is 20.8 Å². The molecule has 0 unspecified atom stereocenters. The molecule has 150 valence electrons. The van der Waals surface area contributed by atoms with Gasteiger partial charge in [-0.2, -0.15) is 0 Å². The SMILES string of the molecule is CC(C)(C)[Si](C)(C)OC[C@@H]1[C@@H](CO)[C@](O)(C(Cl)(Cl)Cl)c2cc(Br)c(Br)n21. The van der Waals surface area contributed by atoms with Gasteiger partial charge in [-0.15, -0.1) is 0 Å². The second-order valence-electron chi connectivity index (χ2n) is 8.23. The van der Waals surface area contributed by atoms with Gasteiger partial charge in [0.05, 0.1) is 34.0 Å². The summed E-state index contributed by atoms with van der Waals surface area (Å²) in [4.78, 5) is 0. The lowest BCUT2D eigenvalue weighted by atomic mass is 9.85. The van der Waals surface area contributed by atoms with Gasteiger partial charge in [-0.3, -0.25) is 0 Å². The fourth-order valence-corrected chi connectivity index (χ4v) is 5.75. The van der Waals surface area contributed by atoms with Crippen molar-refractivity contribution in [1.82, 2.24) is 4.57 Å². The molecule has 0 bridgehead atoms. The molecule has 1 aliphatic heterocycles. The number of nitrogens with zero attached hydrogens (tertiary/aromatic N) is 1. The highest BCUT2D eigenvalue weighted by Gasteiger charge is 2.62. The van der Waals surface area contributed by atoms with Crippen molar-refractivity contribution in [2.75, 3.05) is 13.2 Å². The third-order valence-corrected chi connectivity index (χ3v) is 13.0. The third-order valence-electron chi connectivity index (χ3n) is 5.70. The van der Waals surface area contributed by atoms with Gasteiger partial charge in [0, 0.05) is 5.92 Å². The minimum absolute atomic E-state index is 0.0309. The van der Waals surface area contributed by atoms with Crippen molar-refractivity contribution in [3.8, 4) is 0 Å². The zero-order valence-corrected chi connectivity index (χ0v) is 21.7. The second kappa shape index (κ2) is 7.47. The largest absolute Gasteiger partial charge is 0.415 e. The van der Waals surface area contributed by atoms with E-state index in [1.54, 1.807) is 6.07 Å². The van der Waals surface area contributed by atoms with Crippen LogP contribution in [0.1, 0.15) is 32.5 Å². The molecule has 2 heterocycles. The molecular formula is C16H24Br2Cl3NO3Si. The third kappa shape index (κ3) is 3.70. The predicted molar refractivity (Wildman–Crippen MR) is 117 cm³/mol. The van der Waals surface area contributed by atoms with E-state index in [-0.39, 0.29) is 17.7 Å². The summed E-state index contributed by atoms with van der Waals surface area (Å²) in [6.07, 6.45) is 0. The maximum Gasteiger partial charge on any atom is 0.224 e. The monoisotopic (exact) mass is 569 g/mol. The van der Waals surface area contributed by atoms with Gasteiger partial charge in [0.1, 0.15) is 0 Å². The number of aliphatic hydroxyl groups excluding tert-OH is 1. The first kappa shape index (κ1) is 23.5. The summed E-state index contributed by atoms with van der Waals surface area (Å²) >= 11 is 25.5. The quantitative estimate of drug-likeness (QED) is 0.357. The van der Waals surface area contributed by atoms with Crippen molar-refractivity contribution < 1.29 is 14.6 Å². The van der Waals surface area contributed by atoms with Crippen molar-refractivity contribution >= 4 is 75.0 Å². The standard InChI is InChI=1S/C16H24Br2Cl3NO3Si/c1-14(2,3)26(4,5)25-8-11-9(7-23)15(24,16(19,20)21)12-6-10(17)13(18)22(11)12/h6,9,11,23-24H,7-8H2,1-5H3/t9-,11-,15-/m1/s1. The molecule has 2 rings (SSSR count). The van der Waals surface area contributed by atoms with Crippen molar-refractivity contribution in [1.29, 1.82) is 0 Å². The molecule has 0 aliphatic carbocycles. The highest BCUT2D eigenvalue weighted by atomic mass is 79.9. The van der Waals surface area contributed by atoms with E-state index in [9.17, 15) is 10.2 Å². The van der Waals surface area contributed by atoms with Crippen LogP contribution in [0.25, 0.3) is 0 Å². The van der Waals surface area contributed by atoms with Crippen molar-refractivity contribution in [2.24, 2.45) is 5.92 Å². The summed E-state index contributed by atoms with van der Waals surface area (Å²) < 4.78 is 7.64. The van der Waals surface area contributed by atoms with Crippen LogP contribution in [0.15, 0.2) is 15.1 Å². The Labute approximate surface area is 187 Å². The summed E-state index contributed by atoms with van der Waals surface area (Å²) in [6, 6.07) is 1.33. The maximum absolute atomic E-state index is 11.4. The molecule has 1 aromatic rings. The average molecular weight is 573 g/mol. The molecule has 2 N–H and O–H groups in total. The van der Waals surface area contributed by atoms with Crippen LogP contribution >= 0.6 is 66.7 Å². The second-order valence-corrected chi connectivity index (χ2v) is 16.9. The lowest BCUT2D eigenvalue weighted by molar-refractivity contribution is -0.0454. The summed E-state index contributed by atoms with van der Waals surface area (Å²) in [5, 5.41) is 21.5. The van der Waals surface area contributed by atoms with Crippen molar-refractivity contribution in [3.63, 3.8) is 0 Å². The Hall–Kier alpha value is 1.21. The molecule has 0 saturated carbocycles. The summed E-state index contributed by atoms with van der Waals surface area (Å²) in [6.45, 7) is 10.7. The van der Waals surface area contributed by atoms with Crippen LogP contribution in [0.3, 0.4) is 0 Å². The van der Waals surface area contributed by atoms with Crippen LogP contribution < -0.4 is 0 Å². The zero-order valence-electron chi connectivity index (χ0n) is 15.3. The number of fused-ring (bicyclic) bond motifs is 1. The van der Waals surface area contributed by atoms with Gasteiger partial charge in [0.25, 0.3) is 0 Å². The first-order chi connectivity index (χ1) is 11.6. The molecule has 0 aromatic carbocycles. The van der Waals surface area contributed by atoms with Crippen LogP contribution in [-0.4, -0.2) is 40.1 Å². The molecule has 0 spiro atoms. The molecule has 4 nitrogen and oxygen atoms in total. The van der Waals surface area contributed by atoms with E-state index in [0.717, 1.165) is 4.47 Å². The van der Waals surface area contributed by atoms with E-state index < -0.39 is 23.6 Å². The molecular weight excluding hydrogens is 548 g/mol. The lowest BCUT2D eigenvalue weighted by Crippen LogP contribution is -2.47. The molecule has 0 fully saturated rings. The zero-order chi connectivity index (χ0) is 20.3. The number of hydrogen-bond acceptors (Lipinski definition) is 3. The molecule has 1 aromatic heterocycles. The Morgan fingerprint density at radius 1 is 1.27 bits per heavy atom. The Morgan fingerprint density at radius 2 is 1.81 bits per heavy atom. The Bertz CT molecular complexity index is 688.